The zero-order valence-electron chi connectivity index (χ0n) is 9.63. The Morgan fingerprint density at radius 3 is 2.59 bits per heavy atom. The highest BCUT2D eigenvalue weighted by Gasteiger charge is 2.46. The molecule has 2 atom stereocenters. The lowest BCUT2D eigenvalue weighted by Crippen LogP contribution is -2.27. The van der Waals surface area contributed by atoms with Gasteiger partial charge in [-0.1, -0.05) is 18.2 Å². The largest absolute Gasteiger partial charge is 0.347 e. The second-order valence-corrected chi connectivity index (χ2v) is 6.32. The average molecular weight is 252 g/mol. The van der Waals surface area contributed by atoms with Crippen LogP contribution < -0.4 is 0 Å². The summed E-state index contributed by atoms with van der Waals surface area (Å²) >= 11 is 0. The van der Waals surface area contributed by atoms with Crippen molar-refractivity contribution in [3.05, 3.63) is 30.3 Å². The van der Waals surface area contributed by atoms with Crippen LogP contribution in [-0.2, 0) is 20.3 Å². The first kappa shape index (κ1) is 11.4. The van der Waals surface area contributed by atoms with Gasteiger partial charge in [0.25, 0.3) is 0 Å². The minimum atomic E-state index is -0.941. The monoisotopic (exact) mass is 252 g/mol. The Hall–Kier alpha value is -0.710. The molecule has 17 heavy (non-hydrogen) atoms. The summed E-state index contributed by atoms with van der Waals surface area (Å²) in [5.41, 5.74) is 0. The fourth-order valence-corrected chi connectivity index (χ4v) is 4.17. The topological polar surface area (TPSA) is 35.5 Å². The second-order valence-electron chi connectivity index (χ2n) is 4.58. The summed E-state index contributed by atoms with van der Waals surface area (Å²) in [6.07, 6.45) is 2.55. The van der Waals surface area contributed by atoms with Gasteiger partial charge in [-0.15, -0.1) is 0 Å². The average Bonchev–Trinajstić information content (AvgIpc) is 3.01. The van der Waals surface area contributed by atoms with Gasteiger partial charge in [0.2, 0.25) is 0 Å². The lowest BCUT2D eigenvalue weighted by molar-refractivity contribution is -0.149. The standard InChI is InChI=1S/C13H16O3S/c14-17(11-4-2-1-3-5-11)12-6-7-13(10-12)15-8-9-16-13/h1-5,12H,6-10H2. The van der Waals surface area contributed by atoms with Gasteiger partial charge in [0.1, 0.15) is 0 Å². The van der Waals surface area contributed by atoms with E-state index in [2.05, 4.69) is 0 Å². The van der Waals surface area contributed by atoms with Crippen LogP contribution in [0.15, 0.2) is 35.2 Å². The van der Waals surface area contributed by atoms with Crippen LogP contribution in [-0.4, -0.2) is 28.5 Å². The third-order valence-corrected chi connectivity index (χ3v) is 5.22. The Morgan fingerprint density at radius 2 is 1.88 bits per heavy atom. The first-order valence-corrected chi connectivity index (χ1v) is 7.24. The zero-order valence-corrected chi connectivity index (χ0v) is 10.4. The lowest BCUT2D eigenvalue weighted by atomic mass is 10.2. The maximum Gasteiger partial charge on any atom is 0.169 e. The molecule has 1 aliphatic carbocycles. The Morgan fingerprint density at radius 1 is 1.18 bits per heavy atom. The Labute approximate surface area is 104 Å². The highest BCUT2D eigenvalue weighted by Crippen LogP contribution is 2.40. The van der Waals surface area contributed by atoms with Crippen LogP contribution in [0, 0.1) is 0 Å². The van der Waals surface area contributed by atoms with Crippen LogP contribution in [0.2, 0.25) is 0 Å². The minimum Gasteiger partial charge on any atom is -0.347 e. The smallest absolute Gasteiger partial charge is 0.169 e. The van der Waals surface area contributed by atoms with E-state index in [-0.39, 0.29) is 5.25 Å². The van der Waals surface area contributed by atoms with E-state index in [0.29, 0.717) is 13.2 Å². The first-order chi connectivity index (χ1) is 8.29. The van der Waals surface area contributed by atoms with E-state index in [9.17, 15) is 4.21 Å². The van der Waals surface area contributed by atoms with Gasteiger partial charge in [-0.2, -0.15) is 0 Å². The molecule has 1 spiro atoms. The zero-order chi connectivity index (χ0) is 11.7. The number of ether oxygens (including phenoxy) is 2. The summed E-state index contributed by atoms with van der Waals surface area (Å²) in [5.74, 6) is -0.422. The molecule has 0 amide bonds. The predicted molar refractivity (Wildman–Crippen MR) is 65.1 cm³/mol. The number of benzene rings is 1. The molecule has 2 aliphatic rings. The minimum absolute atomic E-state index is 0.163. The molecule has 1 aromatic rings. The SMILES string of the molecule is O=S(c1ccccc1)C1CCC2(C1)OCCO2. The number of hydrogen-bond donors (Lipinski definition) is 0. The van der Waals surface area contributed by atoms with Crippen LogP contribution in [0.3, 0.4) is 0 Å². The summed E-state index contributed by atoms with van der Waals surface area (Å²) in [6, 6.07) is 9.66. The van der Waals surface area contributed by atoms with E-state index in [4.69, 9.17) is 9.47 Å². The second kappa shape index (κ2) is 4.52. The van der Waals surface area contributed by atoms with Gasteiger partial charge in [-0.05, 0) is 18.6 Å². The molecule has 1 heterocycles. The number of hydrogen-bond acceptors (Lipinski definition) is 3. The van der Waals surface area contributed by atoms with Crippen molar-refractivity contribution in [2.45, 2.75) is 35.2 Å². The Balaban J connectivity index is 1.73. The Bertz CT molecular complexity index is 412. The molecule has 0 radical (unpaired) electrons. The highest BCUT2D eigenvalue weighted by molar-refractivity contribution is 7.85. The van der Waals surface area contributed by atoms with Gasteiger partial charge in [0.05, 0.1) is 24.0 Å². The molecule has 2 unspecified atom stereocenters. The molecular formula is C13H16O3S. The van der Waals surface area contributed by atoms with Gasteiger partial charge in [0.15, 0.2) is 5.79 Å². The first-order valence-electron chi connectivity index (χ1n) is 6.03. The molecule has 1 saturated carbocycles. The van der Waals surface area contributed by atoms with E-state index >= 15 is 0 Å². The van der Waals surface area contributed by atoms with E-state index in [1.807, 2.05) is 30.3 Å². The van der Waals surface area contributed by atoms with Crippen molar-refractivity contribution in [3.63, 3.8) is 0 Å². The molecule has 92 valence electrons. The number of rotatable bonds is 2. The normalized spacial score (nSPS) is 28.6. The molecule has 3 nitrogen and oxygen atoms in total. The summed E-state index contributed by atoms with van der Waals surface area (Å²) in [5, 5.41) is 0.163. The van der Waals surface area contributed by atoms with E-state index in [0.717, 1.165) is 24.2 Å². The molecule has 1 saturated heterocycles. The molecule has 1 aromatic carbocycles. The van der Waals surface area contributed by atoms with Crippen LogP contribution in [0.1, 0.15) is 19.3 Å². The van der Waals surface area contributed by atoms with Crippen molar-refractivity contribution in [2.75, 3.05) is 13.2 Å². The summed E-state index contributed by atoms with van der Waals surface area (Å²) in [7, 11) is -0.941. The fraction of sp³-hybridized carbons (Fsp3) is 0.538. The molecule has 4 heteroatoms. The molecule has 0 N–H and O–H groups in total. The van der Waals surface area contributed by atoms with Crippen LogP contribution >= 0.6 is 0 Å². The third kappa shape index (κ3) is 2.17. The maximum atomic E-state index is 12.4. The van der Waals surface area contributed by atoms with Gasteiger partial charge in [0, 0.05) is 23.0 Å². The van der Waals surface area contributed by atoms with Gasteiger partial charge >= 0.3 is 0 Å². The maximum absolute atomic E-state index is 12.4. The van der Waals surface area contributed by atoms with Crippen molar-refractivity contribution in [1.29, 1.82) is 0 Å². The summed E-state index contributed by atoms with van der Waals surface area (Å²) in [4.78, 5) is 0.910. The molecule has 0 aromatic heterocycles. The fourth-order valence-electron chi connectivity index (χ4n) is 2.62. The van der Waals surface area contributed by atoms with Gasteiger partial charge < -0.3 is 9.47 Å². The van der Waals surface area contributed by atoms with Gasteiger partial charge in [-0.25, -0.2) is 0 Å². The van der Waals surface area contributed by atoms with E-state index in [1.54, 1.807) is 0 Å². The van der Waals surface area contributed by atoms with E-state index < -0.39 is 16.6 Å². The van der Waals surface area contributed by atoms with Gasteiger partial charge in [-0.3, -0.25) is 4.21 Å². The van der Waals surface area contributed by atoms with Crippen molar-refractivity contribution in [2.24, 2.45) is 0 Å². The van der Waals surface area contributed by atoms with Crippen molar-refractivity contribution in [1.82, 2.24) is 0 Å². The predicted octanol–water partition coefficient (Wildman–Crippen LogP) is 2.09. The van der Waals surface area contributed by atoms with Crippen molar-refractivity contribution in [3.8, 4) is 0 Å². The summed E-state index contributed by atoms with van der Waals surface area (Å²) in [6.45, 7) is 1.34. The molecule has 0 bridgehead atoms. The Kier molecular flexibility index (Phi) is 3.03. The van der Waals surface area contributed by atoms with E-state index in [1.165, 1.54) is 0 Å². The van der Waals surface area contributed by atoms with Crippen LogP contribution in [0.25, 0.3) is 0 Å². The van der Waals surface area contributed by atoms with Crippen molar-refractivity contribution >= 4 is 10.8 Å². The molecular weight excluding hydrogens is 236 g/mol. The molecule has 1 aliphatic heterocycles. The third-order valence-electron chi connectivity index (χ3n) is 3.48. The molecule has 3 rings (SSSR count). The summed E-state index contributed by atoms with van der Waals surface area (Å²) < 4.78 is 23.7. The lowest BCUT2D eigenvalue weighted by Gasteiger charge is -2.21. The van der Waals surface area contributed by atoms with Crippen LogP contribution in [0.5, 0.6) is 0 Å². The quantitative estimate of drug-likeness (QED) is 0.808. The highest BCUT2D eigenvalue weighted by atomic mass is 32.2. The van der Waals surface area contributed by atoms with Crippen LogP contribution in [0.4, 0.5) is 0 Å². The van der Waals surface area contributed by atoms with Crippen molar-refractivity contribution < 1.29 is 13.7 Å². The molecule has 2 fully saturated rings.